The van der Waals surface area contributed by atoms with Gasteiger partial charge in [-0.3, -0.25) is 0 Å². The largest absolute Gasteiger partial charge is 0.508 e. The van der Waals surface area contributed by atoms with E-state index >= 15 is 0 Å². The fourth-order valence-electron chi connectivity index (χ4n) is 2.44. The topological polar surface area (TPSA) is 41.5 Å². The number of para-hydroxylation sites is 1. The number of phenolic OH excluding ortho intramolecular Hbond substituents is 1. The highest BCUT2D eigenvalue weighted by Gasteiger charge is 2.19. The van der Waals surface area contributed by atoms with Gasteiger partial charge in [-0.2, -0.15) is 0 Å². The Labute approximate surface area is 112 Å². The van der Waals surface area contributed by atoms with Crippen molar-refractivity contribution in [2.24, 2.45) is 0 Å². The normalized spacial score (nSPS) is 18.0. The Hall–Kier alpha value is -1.84. The lowest BCUT2D eigenvalue weighted by Crippen LogP contribution is -2.29. The lowest BCUT2D eigenvalue weighted by atomic mass is 9.99. The van der Waals surface area contributed by atoms with Gasteiger partial charge >= 0.3 is 0 Å². The quantitative estimate of drug-likeness (QED) is 0.886. The summed E-state index contributed by atoms with van der Waals surface area (Å²) < 4.78 is 5.60. The highest BCUT2D eigenvalue weighted by molar-refractivity contribution is 5.33. The van der Waals surface area contributed by atoms with E-state index in [1.54, 1.807) is 6.07 Å². The average Bonchev–Trinajstić information content (AvgIpc) is 2.46. The maximum Gasteiger partial charge on any atom is 0.120 e. The first-order valence-electron chi connectivity index (χ1n) is 6.50. The van der Waals surface area contributed by atoms with Crippen molar-refractivity contribution in [3.05, 3.63) is 65.2 Å². The van der Waals surface area contributed by atoms with Gasteiger partial charge in [0.1, 0.15) is 5.75 Å². The molecule has 0 saturated heterocycles. The van der Waals surface area contributed by atoms with E-state index in [9.17, 15) is 5.11 Å². The summed E-state index contributed by atoms with van der Waals surface area (Å²) in [7, 11) is 0. The van der Waals surface area contributed by atoms with Crippen molar-refractivity contribution in [2.75, 3.05) is 6.61 Å². The Morgan fingerprint density at radius 3 is 2.79 bits per heavy atom. The Kier molecular flexibility index (Phi) is 3.49. The summed E-state index contributed by atoms with van der Waals surface area (Å²) in [5, 5.41) is 13.2. The van der Waals surface area contributed by atoms with Gasteiger partial charge in [-0.15, -0.1) is 0 Å². The molecule has 0 bridgehead atoms. The molecule has 1 aliphatic rings. The van der Waals surface area contributed by atoms with Crippen LogP contribution in [0.25, 0.3) is 0 Å². The van der Waals surface area contributed by atoms with Crippen LogP contribution in [0.1, 0.15) is 22.7 Å². The molecule has 2 aromatic carbocycles. The predicted octanol–water partition coefficient (Wildman–Crippen LogP) is 2.75. The first kappa shape index (κ1) is 12.2. The third-order valence-electron chi connectivity index (χ3n) is 3.50. The second-order valence-corrected chi connectivity index (χ2v) is 4.78. The minimum absolute atomic E-state index is 0.185. The van der Waals surface area contributed by atoms with Crippen LogP contribution in [-0.4, -0.2) is 11.7 Å². The SMILES string of the molecule is Oc1ccccc1CNC1COCc2ccccc21. The summed E-state index contributed by atoms with van der Waals surface area (Å²) >= 11 is 0. The van der Waals surface area contributed by atoms with Gasteiger partial charge in [0.2, 0.25) is 0 Å². The number of hydrogen-bond acceptors (Lipinski definition) is 3. The molecule has 0 saturated carbocycles. The fourth-order valence-corrected chi connectivity index (χ4v) is 2.44. The molecule has 19 heavy (non-hydrogen) atoms. The maximum absolute atomic E-state index is 9.76. The molecule has 1 aliphatic heterocycles. The zero-order valence-corrected chi connectivity index (χ0v) is 10.7. The summed E-state index contributed by atoms with van der Waals surface area (Å²) in [6.07, 6.45) is 0. The number of ether oxygens (including phenoxy) is 1. The molecule has 2 aromatic rings. The van der Waals surface area contributed by atoms with Crippen LogP contribution in [0.2, 0.25) is 0 Å². The summed E-state index contributed by atoms with van der Waals surface area (Å²) in [4.78, 5) is 0. The molecule has 3 nitrogen and oxygen atoms in total. The van der Waals surface area contributed by atoms with E-state index in [2.05, 4.69) is 23.5 Å². The van der Waals surface area contributed by atoms with Crippen LogP contribution in [-0.2, 0) is 17.9 Å². The lowest BCUT2D eigenvalue weighted by Gasteiger charge is -2.26. The van der Waals surface area contributed by atoms with Gasteiger partial charge in [-0.05, 0) is 17.2 Å². The molecule has 0 fully saturated rings. The molecule has 0 radical (unpaired) electrons. The number of benzene rings is 2. The highest BCUT2D eigenvalue weighted by Crippen LogP contribution is 2.25. The second kappa shape index (κ2) is 5.43. The van der Waals surface area contributed by atoms with E-state index in [-0.39, 0.29) is 6.04 Å². The van der Waals surface area contributed by atoms with E-state index in [4.69, 9.17) is 4.74 Å². The van der Waals surface area contributed by atoms with Gasteiger partial charge in [-0.25, -0.2) is 0 Å². The number of hydrogen-bond donors (Lipinski definition) is 2. The van der Waals surface area contributed by atoms with Gasteiger partial charge in [0.05, 0.1) is 19.3 Å². The van der Waals surface area contributed by atoms with E-state index < -0.39 is 0 Å². The van der Waals surface area contributed by atoms with Crippen LogP contribution < -0.4 is 5.32 Å². The Morgan fingerprint density at radius 1 is 1.11 bits per heavy atom. The molecule has 3 rings (SSSR count). The molecular formula is C16H17NO2. The molecular weight excluding hydrogens is 238 g/mol. The molecule has 0 aliphatic carbocycles. The molecule has 1 atom stereocenters. The van der Waals surface area contributed by atoms with E-state index in [1.807, 2.05) is 24.3 Å². The summed E-state index contributed by atoms with van der Waals surface area (Å²) in [6.45, 7) is 1.99. The zero-order valence-electron chi connectivity index (χ0n) is 10.7. The Balaban J connectivity index is 1.73. The monoisotopic (exact) mass is 255 g/mol. The first-order chi connectivity index (χ1) is 9.34. The van der Waals surface area contributed by atoms with Crippen molar-refractivity contribution >= 4 is 0 Å². The molecule has 0 aromatic heterocycles. The molecule has 98 valence electrons. The van der Waals surface area contributed by atoms with Gasteiger partial charge in [-0.1, -0.05) is 42.5 Å². The smallest absolute Gasteiger partial charge is 0.120 e. The van der Waals surface area contributed by atoms with Gasteiger partial charge in [0, 0.05) is 12.1 Å². The third kappa shape index (κ3) is 2.62. The van der Waals surface area contributed by atoms with Crippen molar-refractivity contribution in [1.82, 2.24) is 5.32 Å². The average molecular weight is 255 g/mol. The van der Waals surface area contributed by atoms with Gasteiger partial charge < -0.3 is 15.2 Å². The predicted molar refractivity (Wildman–Crippen MR) is 73.8 cm³/mol. The van der Waals surface area contributed by atoms with Crippen molar-refractivity contribution in [2.45, 2.75) is 19.2 Å². The summed E-state index contributed by atoms with van der Waals surface area (Å²) in [5.41, 5.74) is 3.44. The number of fused-ring (bicyclic) bond motifs is 1. The lowest BCUT2D eigenvalue weighted by molar-refractivity contribution is 0.0816. The zero-order chi connectivity index (χ0) is 13.1. The Morgan fingerprint density at radius 2 is 1.89 bits per heavy atom. The standard InChI is InChI=1S/C16H17NO2/c18-16-8-4-2-5-12(16)9-17-15-11-19-10-13-6-1-3-7-14(13)15/h1-8,15,17-18H,9-11H2. The van der Waals surface area contributed by atoms with Gasteiger partial charge in [0.15, 0.2) is 0 Å². The van der Waals surface area contributed by atoms with Crippen molar-refractivity contribution in [3.63, 3.8) is 0 Å². The van der Waals surface area contributed by atoms with Crippen LogP contribution in [0.15, 0.2) is 48.5 Å². The highest BCUT2D eigenvalue weighted by atomic mass is 16.5. The van der Waals surface area contributed by atoms with E-state index in [1.165, 1.54) is 11.1 Å². The Bertz CT molecular complexity index is 568. The minimum atomic E-state index is 0.185. The number of nitrogens with one attached hydrogen (secondary N) is 1. The fraction of sp³-hybridized carbons (Fsp3) is 0.250. The van der Waals surface area contributed by atoms with Crippen molar-refractivity contribution in [3.8, 4) is 5.75 Å². The van der Waals surface area contributed by atoms with Crippen LogP contribution >= 0.6 is 0 Å². The molecule has 2 N–H and O–H groups in total. The number of rotatable bonds is 3. The van der Waals surface area contributed by atoms with Crippen molar-refractivity contribution < 1.29 is 9.84 Å². The van der Waals surface area contributed by atoms with Crippen LogP contribution in [0.4, 0.5) is 0 Å². The third-order valence-corrected chi connectivity index (χ3v) is 3.50. The summed E-state index contributed by atoms with van der Waals surface area (Å²) in [6, 6.07) is 15.9. The molecule has 0 spiro atoms. The first-order valence-corrected chi connectivity index (χ1v) is 6.50. The van der Waals surface area contributed by atoms with Crippen molar-refractivity contribution in [1.29, 1.82) is 0 Å². The van der Waals surface area contributed by atoms with Crippen LogP contribution in [0, 0.1) is 0 Å². The van der Waals surface area contributed by atoms with E-state index in [0.717, 1.165) is 5.56 Å². The maximum atomic E-state index is 9.76. The minimum Gasteiger partial charge on any atom is -0.508 e. The van der Waals surface area contributed by atoms with Crippen LogP contribution in [0.5, 0.6) is 5.75 Å². The van der Waals surface area contributed by atoms with E-state index in [0.29, 0.717) is 25.5 Å². The van der Waals surface area contributed by atoms with Gasteiger partial charge in [0.25, 0.3) is 0 Å². The second-order valence-electron chi connectivity index (χ2n) is 4.78. The number of aromatic hydroxyl groups is 1. The number of phenols is 1. The van der Waals surface area contributed by atoms with Crippen LogP contribution in [0.3, 0.4) is 0 Å². The summed E-state index contributed by atoms with van der Waals surface area (Å²) in [5.74, 6) is 0.333. The molecule has 1 heterocycles. The molecule has 0 amide bonds. The molecule has 1 unspecified atom stereocenters. The molecule has 3 heteroatoms.